The lowest BCUT2D eigenvalue weighted by molar-refractivity contribution is -0.356. The van der Waals surface area contributed by atoms with E-state index in [9.17, 15) is 35.7 Å². The molecule has 0 aliphatic carbocycles. The Hall–Kier alpha value is -0.440. The van der Waals surface area contributed by atoms with E-state index in [0.29, 0.717) is 0 Å². The second-order valence-electron chi connectivity index (χ2n) is 5.74. The molecule has 7 N–H and O–H groups in total. The van der Waals surface area contributed by atoms with E-state index in [1.807, 2.05) is 0 Å². The van der Waals surface area contributed by atoms with E-state index in [-0.39, 0.29) is 0 Å². The van der Waals surface area contributed by atoms with Crippen molar-refractivity contribution < 1.29 is 54.7 Å². The normalized spacial score (nSPS) is 50.0. The maximum atomic E-state index is 10.1. The van der Waals surface area contributed by atoms with E-state index >= 15 is 0 Å². The Bertz CT molecular complexity index is 392. The average Bonchev–Trinajstić information content (AvgIpc) is 2.58. The third-order valence-electron chi connectivity index (χ3n) is 4.22. The molecule has 2 saturated heterocycles. The molecular weight excluding hydrogens is 332 g/mol. The van der Waals surface area contributed by atoms with Crippen molar-refractivity contribution in [2.24, 2.45) is 0 Å². The summed E-state index contributed by atoms with van der Waals surface area (Å²) in [7, 11) is 1.27. The standard InChI is InChI=1S/C13H24O11/c1-21-10-4(2-14)23-13(9(19)7(10)17)24-11-5(3-15)22-12(20)8(18)6(11)16/h4-20H,2-3H2,1H3/t4?,5-,6?,7+,8?,9?,10+,11+,12+,13-/m0/s1. The maximum Gasteiger partial charge on any atom is 0.187 e. The zero-order chi connectivity index (χ0) is 18.0. The van der Waals surface area contributed by atoms with Crippen molar-refractivity contribution in [3.05, 3.63) is 0 Å². The lowest BCUT2D eigenvalue weighted by Crippen LogP contribution is -2.64. The summed E-state index contributed by atoms with van der Waals surface area (Å²) in [6.07, 6.45) is -14.2. The van der Waals surface area contributed by atoms with Crippen molar-refractivity contribution in [1.82, 2.24) is 0 Å². The first-order valence-corrected chi connectivity index (χ1v) is 7.46. The van der Waals surface area contributed by atoms with Crippen LogP contribution in [0, 0.1) is 0 Å². The number of methoxy groups -OCH3 is 1. The van der Waals surface area contributed by atoms with Gasteiger partial charge in [-0.3, -0.25) is 0 Å². The lowest BCUT2D eigenvalue weighted by atomic mass is 9.97. The summed E-state index contributed by atoms with van der Waals surface area (Å²) in [5.41, 5.74) is 0. The van der Waals surface area contributed by atoms with Gasteiger partial charge in [0.2, 0.25) is 0 Å². The Labute approximate surface area is 137 Å². The van der Waals surface area contributed by atoms with Crippen molar-refractivity contribution >= 4 is 0 Å². The fourth-order valence-electron chi connectivity index (χ4n) is 2.85. The van der Waals surface area contributed by atoms with Gasteiger partial charge in [0.25, 0.3) is 0 Å². The summed E-state index contributed by atoms with van der Waals surface area (Å²) in [6.45, 7) is -1.18. The van der Waals surface area contributed by atoms with Gasteiger partial charge in [0, 0.05) is 7.11 Å². The molecule has 24 heavy (non-hydrogen) atoms. The molecule has 2 aliphatic rings. The third kappa shape index (κ3) is 3.71. The number of hydrogen-bond donors (Lipinski definition) is 7. The second kappa shape index (κ2) is 8.29. The largest absolute Gasteiger partial charge is 0.394 e. The van der Waals surface area contributed by atoms with Gasteiger partial charge < -0.3 is 54.7 Å². The molecule has 0 bridgehead atoms. The molecule has 0 aromatic rings. The molecule has 0 aromatic carbocycles. The molecule has 142 valence electrons. The van der Waals surface area contributed by atoms with Gasteiger partial charge in [0.05, 0.1) is 13.2 Å². The van der Waals surface area contributed by atoms with Crippen molar-refractivity contribution in [2.75, 3.05) is 20.3 Å². The third-order valence-corrected chi connectivity index (χ3v) is 4.22. The van der Waals surface area contributed by atoms with Crippen molar-refractivity contribution in [1.29, 1.82) is 0 Å². The van der Waals surface area contributed by atoms with Crippen molar-refractivity contribution in [3.8, 4) is 0 Å². The fraction of sp³-hybridized carbons (Fsp3) is 1.00. The van der Waals surface area contributed by atoms with Crippen LogP contribution in [0.15, 0.2) is 0 Å². The predicted octanol–water partition coefficient (Wildman–Crippen LogP) is -4.74. The van der Waals surface area contributed by atoms with Crippen LogP contribution in [0.25, 0.3) is 0 Å². The smallest absolute Gasteiger partial charge is 0.187 e. The van der Waals surface area contributed by atoms with Gasteiger partial charge in [-0.15, -0.1) is 0 Å². The fourth-order valence-corrected chi connectivity index (χ4v) is 2.85. The molecule has 10 atom stereocenters. The van der Waals surface area contributed by atoms with Crippen LogP contribution in [0.5, 0.6) is 0 Å². The Balaban J connectivity index is 2.12. The number of rotatable bonds is 5. The topological polar surface area (TPSA) is 179 Å². The molecule has 4 unspecified atom stereocenters. The Kier molecular flexibility index (Phi) is 6.87. The summed E-state index contributed by atoms with van der Waals surface area (Å²) >= 11 is 0. The van der Waals surface area contributed by atoms with Crippen LogP contribution in [0.1, 0.15) is 0 Å². The molecule has 2 rings (SSSR count). The highest BCUT2D eigenvalue weighted by Crippen LogP contribution is 2.29. The molecule has 11 nitrogen and oxygen atoms in total. The van der Waals surface area contributed by atoms with E-state index in [0.717, 1.165) is 0 Å². The highest BCUT2D eigenvalue weighted by Gasteiger charge is 2.50. The van der Waals surface area contributed by atoms with E-state index in [1.54, 1.807) is 0 Å². The van der Waals surface area contributed by atoms with E-state index < -0.39 is 74.6 Å². The quantitative estimate of drug-likeness (QED) is 0.251. The first-order valence-electron chi connectivity index (χ1n) is 7.46. The van der Waals surface area contributed by atoms with E-state index in [4.69, 9.17) is 18.9 Å². The Morgan fingerprint density at radius 2 is 1.29 bits per heavy atom. The van der Waals surface area contributed by atoms with Gasteiger partial charge in [-0.05, 0) is 0 Å². The highest BCUT2D eigenvalue weighted by atomic mass is 16.7. The van der Waals surface area contributed by atoms with Crippen molar-refractivity contribution in [3.63, 3.8) is 0 Å². The van der Waals surface area contributed by atoms with Crippen LogP contribution in [0.4, 0.5) is 0 Å². The first-order chi connectivity index (χ1) is 11.3. The van der Waals surface area contributed by atoms with Crippen LogP contribution >= 0.6 is 0 Å². The van der Waals surface area contributed by atoms with Gasteiger partial charge in [-0.1, -0.05) is 0 Å². The minimum atomic E-state index is -1.72. The second-order valence-corrected chi connectivity index (χ2v) is 5.74. The monoisotopic (exact) mass is 356 g/mol. The molecule has 0 radical (unpaired) electrons. The first kappa shape index (κ1) is 19.9. The molecular formula is C13H24O11. The number of aliphatic hydroxyl groups is 7. The van der Waals surface area contributed by atoms with Crippen LogP contribution in [0.2, 0.25) is 0 Å². The van der Waals surface area contributed by atoms with Gasteiger partial charge in [-0.25, -0.2) is 0 Å². The van der Waals surface area contributed by atoms with Gasteiger partial charge in [-0.2, -0.15) is 0 Å². The van der Waals surface area contributed by atoms with Crippen molar-refractivity contribution in [2.45, 2.75) is 61.4 Å². The molecule has 2 aliphatic heterocycles. The summed E-state index contributed by atoms with van der Waals surface area (Å²) in [5, 5.41) is 67.8. The average molecular weight is 356 g/mol. The number of ether oxygens (including phenoxy) is 4. The number of aliphatic hydroxyl groups excluding tert-OH is 7. The zero-order valence-electron chi connectivity index (χ0n) is 13.0. The molecule has 11 heteroatoms. The minimum Gasteiger partial charge on any atom is -0.394 e. The zero-order valence-corrected chi connectivity index (χ0v) is 13.0. The molecule has 0 spiro atoms. The van der Waals surface area contributed by atoms with Gasteiger partial charge in [0.15, 0.2) is 12.6 Å². The highest BCUT2D eigenvalue weighted by molar-refractivity contribution is 4.94. The SMILES string of the molecule is CO[C@@H]1C(CO)O[C@@H](O[C@H]2C(O)C(O)[C@H](O)O[C@H]2CO)C(O)[C@H]1O. The lowest BCUT2D eigenvalue weighted by Gasteiger charge is -2.45. The summed E-state index contributed by atoms with van der Waals surface area (Å²) < 4.78 is 20.6. The maximum absolute atomic E-state index is 10.1. The summed E-state index contributed by atoms with van der Waals surface area (Å²) in [5.74, 6) is 0. The molecule has 2 fully saturated rings. The Morgan fingerprint density at radius 3 is 1.83 bits per heavy atom. The molecule has 0 saturated carbocycles. The minimum absolute atomic E-state index is 0.531. The van der Waals surface area contributed by atoms with Gasteiger partial charge >= 0.3 is 0 Å². The van der Waals surface area contributed by atoms with Crippen LogP contribution in [-0.2, 0) is 18.9 Å². The molecule has 2 heterocycles. The predicted molar refractivity (Wildman–Crippen MR) is 73.4 cm³/mol. The summed E-state index contributed by atoms with van der Waals surface area (Å²) in [4.78, 5) is 0. The van der Waals surface area contributed by atoms with E-state index in [1.165, 1.54) is 7.11 Å². The van der Waals surface area contributed by atoms with E-state index in [2.05, 4.69) is 0 Å². The number of hydrogen-bond acceptors (Lipinski definition) is 11. The van der Waals surface area contributed by atoms with Gasteiger partial charge in [0.1, 0.15) is 48.8 Å². The molecule has 0 amide bonds. The van der Waals surface area contributed by atoms with Crippen LogP contribution < -0.4 is 0 Å². The van der Waals surface area contributed by atoms with Crippen LogP contribution in [-0.4, -0.2) is 117 Å². The Morgan fingerprint density at radius 1 is 0.750 bits per heavy atom. The molecule has 0 aromatic heterocycles. The van der Waals surface area contributed by atoms with Crippen LogP contribution in [0.3, 0.4) is 0 Å². The summed E-state index contributed by atoms with van der Waals surface area (Å²) in [6, 6.07) is 0.